The number of alkyl halides is 3. The zero-order valence-corrected chi connectivity index (χ0v) is 12.7. The van der Waals surface area contributed by atoms with Crippen molar-refractivity contribution < 1.29 is 27.5 Å². The third-order valence-corrected chi connectivity index (χ3v) is 3.78. The summed E-state index contributed by atoms with van der Waals surface area (Å²) in [5.41, 5.74) is -2.94. The molecule has 1 aromatic carbocycles. The molecule has 0 bridgehead atoms. The van der Waals surface area contributed by atoms with E-state index in [1.807, 2.05) is 0 Å². The van der Waals surface area contributed by atoms with Crippen molar-refractivity contribution in [3.63, 3.8) is 0 Å². The molecule has 0 saturated carbocycles. The minimum atomic E-state index is -4.62. The molecule has 126 valence electrons. The Morgan fingerprint density at radius 1 is 1.26 bits per heavy atom. The Bertz CT molecular complexity index is 618. The van der Waals surface area contributed by atoms with Crippen LogP contribution in [0.5, 0.6) is 0 Å². The van der Waals surface area contributed by atoms with Gasteiger partial charge in [0.15, 0.2) is 0 Å². The first-order chi connectivity index (χ1) is 10.7. The second-order valence-electron chi connectivity index (χ2n) is 5.40. The topological polar surface area (TPSA) is 58.6 Å². The molecule has 0 aromatic heterocycles. The first-order valence-corrected chi connectivity index (χ1v) is 7.01. The average molecular weight is 330 g/mol. The van der Waals surface area contributed by atoms with Crippen LogP contribution in [0, 0.1) is 0 Å². The zero-order chi connectivity index (χ0) is 17.3. The number of rotatable bonds is 5. The summed E-state index contributed by atoms with van der Waals surface area (Å²) in [5.74, 6) is -0.699. The molecule has 1 fully saturated rings. The van der Waals surface area contributed by atoms with Crippen LogP contribution in [-0.4, -0.2) is 37.1 Å². The molecule has 23 heavy (non-hydrogen) atoms. The number of methoxy groups -OCH3 is 1. The van der Waals surface area contributed by atoms with Crippen molar-refractivity contribution in [3.8, 4) is 0 Å². The van der Waals surface area contributed by atoms with Gasteiger partial charge in [0.2, 0.25) is 0 Å². The number of amides is 3. The molecule has 1 aliphatic rings. The number of hydrogen-bond acceptors (Lipinski definition) is 3. The zero-order valence-electron chi connectivity index (χ0n) is 12.7. The fourth-order valence-electron chi connectivity index (χ4n) is 2.62. The first kappa shape index (κ1) is 17.3. The van der Waals surface area contributed by atoms with E-state index in [1.54, 1.807) is 0 Å². The van der Waals surface area contributed by atoms with Crippen molar-refractivity contribution in [2.24, 2.45) is 0 Å². The quantitative estimate of drug-likeness (QED) is 0.667. The molecule has 1 atom stereocenters. The SMILES string of the molecule is COCCCN1C(=O)N[C@@](C)(c2ccccc2C(F)(F)F)C1=O. The van der Waals surface area contributed by atoms with Crippen LogP contribution < -0.4 is 5.32 Å². The number of nitrogens with zero attached hydrogens (tertiary/aromatic N) is 1. The van der Waals surface area contributed by atoms with Gasteiger partial charge >= 0.3 is 12.2 Å². The molecule has 1 saturated heterocycles. The average Bonchev–Trinajstić information content (AvgIpc) is 2.71. The van der Waals surface area contributed by atoms with Crippen LogP contribution in [0.3, 0.4) is 0 Å². The fraction of sp³-hybridized carbons (Fsp3) is 0.467. The normalized spacial score (nSPS) is 21.7. The van der Waals surface area contributed by atoms with Crippen LogP contribution in [0.25, 0.3) is 0 Å². The summed E-state index contributed by atoms with van der Waals surface area (Å²) in [6.07, 6.45) is -4.21. The molecule has 1 N–H and O–H groups in total. The summed E-state index contributed by atoms with van der Waals surface area (Å²) in [6, 6.07) is 4.05. The van der Waals surface area contributed by atoms with E-state index in [0.29, 0.717) is 13.0 Å². The highest BCUT2D eigenvalue weighted by Crippen LogP contribution is 2.39. The second kappa shape index (κ2) is 6.19. The molecule has 0 radical (unpaired) electrons. The molecule has 1 aromatic rings. The maximum absolute atomic E-state index is 13.2. The van der Waals surface area contributed by atoms with Crippen LogP contribution in [-0.2, 0) is 21.2 Å². The summed E-state index contributed by atoms with van der Waals surface area (Å²) in [5, 5.41) is 2.38. The molecule has 2 rings (SSSR count). The molecule has 3 amide bonds. The highest BCUT2D eigenvalue weighted by atomic mass is 19.4. The van der Waals surface area contributed by atoms with Crippen LogP contribution >= 0.6 is 0 Å². The summed E-state index contributed by atoms with van der Waals surface area (Å²) in [7, 11) is 1.48. The van der Waals surface area contributed by atoms with Gasteiger partial charge in [-0.15, -0.1) is 0 Å². The summed E-state index contributed by atoms with van der Waals surface area (Å²) in [4.78, 5) is 25.5. The lowest BCUT2D eigenvalue weighted by atomic mass is 9.87. The van der Waals surface area contributed by atoms with Gasteiger partial charge in [0.1, 0.15) is 5.54 Å². The maximum atomic E-state index is 13.2. The molecule has 1 aliphatic heterocycles. The van der Waals surface area contributed by atoms with Gasteiger partial charge in [-0.05, 0) is 25.0 Å². The number of nitrogens with one attached hydrogen (secondary N) is 1. The van der Waals surface area contributed by atoms with Crippen molar-refractivity contribution in [2.45, 2.75) is 25.1 Å². The molecule has 0 aliphatic carbocycles. The Balaban J connectivity index is 2.37. The van der Waals surface area contributed by atoms with Gasteiger partial charge in [0.05, 0.1) is 5.56 Å². The van der Waals surface area contributed by atoms with Gasteiger partial charge in [-0.1, -0.05) is 18.2 Å². The van der Waals surface area contributed by atoms with E-state index in [9.17, 15) is 22.8 Å². The van der Waals surface area contributed by atoms with E-state index in [0.717, 1.165) is 11.0 Å². The Morgan fingerprint density at radius 2 is 1.91 bits per heavy atom. The van der Waals surface area contributed by atoms with E-state index < -0.39 is 29.2 Å². The van der Waals surface area contributed by atoms with Gasteiger partial charge in [0, 0.05) is 20.3 Å². The lowest BCUT2D eigenvalue weighted by Crippen LogP contribution is -2.42. The van der Waals surface area contributed by atoms with Crippen molar-refractivity contribution in [1.82, 2.24) is 10.2 Å². The lowest BCUT2D eigenvalue weighted by Gasteiger charge is -2.25. The minimum Gasteiger partial charge on any atom is -0.385 e. The Labute approximate surface area is 131 Å². The first-order valence-electron chi connectivity index (χ1n) is 7.01. The molecule has 0 unspecified atom stereocenters. The number of hydrogen-bond donors (Lipinski definition) is 1. The van der Waals surface area contributed by atoms with Crippen LogP contribution in [0.1, 0.15) is 24.5 Å². The summed E-state index contributed by atoms with van der Waals surface area (Å²) >= 11 is 0. The highest BCUT2D eigenvalue weighted by Gasteiger charge is 2.51. The number of carbonyl (C=O) groups is 2. The van der Waals surface area contributed by atoms with Crippen LogP contribution in [0.15, 0.2) is 24.3 Å². The van der Waals surface area contributed by atoms with E-state index in [1.165, 1.54) is 32.2 Å². The molecule has 5 nitrogen and oxygen atoms in total. The van der Waals surface area contributed by atoms with Gasteiger partial charge in [-0.3, -0.25) is 9.69 Å². The fourth-order valence-corrected chi connectivity index (χ4v) is 2.62. The van der Waals surface area contributed by atoms with Gasteiger partial charge in [-0.25, -0.2) is 4.79 Å². The second-order valence-corrected chi connectivity index (χ2v) is 5.40. The van der Waals surface area contributed by atoms with E-state index >= 15 is 0 Å². The molecule has 1 heterocycles. The van der Waals surface area contributed by atoms with E-state index in [2.05, 4.69) is 5.32 Å². The smallest absolute Gasteiger partial charge is 0.385 e. The Kier molecular flexibility index (Phi) is 4.65. The van der Waals surface area contributed by atoms with Crippen molar-refractivity contribution in [2.75, 3.05) is 20.3 Å². The van der Waals surface area contributed by atoms with Gasteiger partial charge in [0.25, 0.3) is 5.91 Å². The number of ether oxygens (including phenoxy) is 1. The standard InChI is InChI=1S/C15H17F3N2O3/c1-14(10-6-3-4-7-11(10)15(16,17)18)12(21)20(13(22)19-14)8-5-9-23-2/h3-4,6-7H,5,8-9H2,1-2H3,(H,19,22)/t14-/m0/s1. The third kappa shape index (κ3) is 3.17. The van der Waals surface area contributed by atoms with Crippen LogP contribution in [0.2, 0.25) is 0 Å². The largest absolute Gasteiger partial charge is 0.416 e. The van der Waals surface area contributed by atoms with E-state index in [-0.39, 0.29) is 12.1 Å². The molecular formula is C15H17F3N2O3. The number of carbonyl (C=O) groups excluding carboxylic acids is 2. The van der Waals surface area contributed by atoms with E-state index in [4.69, 9.17) is 4.74 Å². The van der Waals surface area contributed by atoms with Gasteiger partial charge in [-0.2, -0.15) is 13.2 Å². The number of halogens is 3. The summed E-state index contributed by atoms with van der Waals surface area (Å²) in [6.45, 7) is 1.71. The van der Waals surface area contributed by atoms with Gasteiger partial charge < -0.3 is 10.1 Å². The predicted octanol–water partition coefficient (Wildman–Crippen LogP) is 2.51. The molecular weight excluding hydrogens is 313 g/mol. The lowest BCUT2D eigenvalue weighted by molar-refractivity contribution is -0.140. The third-order valence-electron chi connectivity index (χ3n) is 3.78. The van der Waals surface area contributed by atoms with Crippen LogP contribution in [0.4, 0.5) is 18.0 Å². The monoisotopic (exact) mass is 330 g/mol. The summed E-state index contributed by atoms with van der Waals surface area (Å²) < 4.78 is 44.4. The predicted molar refractivity (Wildman–Crippen MR) is 75.5 cm³/mol. The molecule has 8 heteroatoms. The minimum absolute atomic E-state index is 0.0856. The molecule has 0 spiro atoms. The Hall–Kier alpha value is -2.09. The van der Waals surface area contributed by atoms with Crippen molar-refractivity contribution >= 4 is 11.9 Å². The Morgan fingerprint density at radius 3 is 2.52 bits per heavy atom. The highest BCUT2D eigenvalue weighted by molar-refractivity contribution is 6.07. The maximum Gasteiger partial charge on any atom is 0.416 e. The van der Waals surface area contributed by atoms with Crippen molar-refractivity contribution in [3.05, 3.63) is 35.4 Å². The number of urea groups is 1. The number of imide groups is 1. The van der Waals surface area contributed by atoms with Crippen molar-refractivity contribution in [1.29, 1.82) is 0 Å². The number of benzene rings is 1.